The number of carbonyl (C=O) groups is 3. The van der Waals surface area contributed by atoms with E-state index in [1.807, 2.05) is 4.21 Å². The van der Waals surface area contributed by atoms with E-state index >= 15 is 0 Å². The zero-order valence-electron chi connectivity index (χ0n) is 14.4. The molecule has 0 saturated carbocycles. The minimum absolute atomic E-state index is 0.000772. The normalized spacial score (nSPS) is 14.4. The molecule has 1 aromatic carbocycles. The molecule has 25 heavy (non-hydrogen) atoms. The van der Waals surface area contributed by atoms with Crippen LogP contribution in [0.1, 0.15) is 34.1 Å². The van der Waals surface area contributed by atoms with Gasteiger partial charge in [-0.2, -0.15) is 4.21 Å². The van der Waals surface area contributed by atoms with Crippen molar-refractivity contribution in [3.8, 4) is 0 Å². The van der Waals surface area contributed by atoms with Crippen LogP contribution in [0.5, 0.6) is 0 Å². The molecular formula is C18H20BrMgNO4. The average molecular weight is 419 g/mol. The second kappa shape index (κ2) is 10.5. The van der Waals surface area contributed by atoms with E-state index in [0.717, 1.165) is 4.90 Å². The van der Waals surface area contributed by atoms with E-state index in [1.165, 1.54) is 7.11 Å². The van der Waals surface area contributed by atoms with Crippen LogP contribution in [0.3, 0.4) is 0 Å². The number of carbonyl (C=O) groups excluding carboxylic acids is 3. The summed E-state index contributed by atoms with van der Waals surface area (Å²) in [5, 5.41) is 0. The first-order valence-electron chi connectivity index (χ1n) is 7.77. The third-order valence-electron chi connectivity index (χ3n) is 3.73. The maximum absolute atomic E-state index is 12.4. The predicted octanol–water partition coefficient (Wildman–Crippen LogP) is 3.18. The Labute approximate surface area is 163 Å². The molecule has 7 heteroatoms. The van der Waals surface area contributed by atoms with Gasteiger partial charge in [0, 0.05) is 0 Å². The molecule has 130 valence electrons. The predicted molar refractivity (Wildman–Crippen MR) is 102 cm³/mol. The van der Waals surface area contributed by atoms with Crippen LogP contribution in [0.2, 0.25) is 0 Å². The highest BCUT2D eigenvalue weighted by Crippen LogP contribution is 2.28. The van der Waals surface area contributed by atoms with Gasteiger partial charge in [0.05, 0.1) is 18.2 Å². The van der Waals surface area contributed by atoms with Crippen LogP contribution in [0, 0.1) is 5.92 Å². The highest BCUT2D eigenvalue weighted by Gasteiger charge is 2.45. The summed E-state index contributed by atoms with van der Waals surface area (Å²) in [6.45, 7) is 8.91. The molecule has 0 aliphatic carbocycles. The second-order valence-corrected chi connectivity index (χ2v) is 8.27. The highest BCUT2D eigenvalue weighted by atomic mass is 79.9. The van der Waals surface area contributed by atoms with Crippen LogP contribution >= 0.6 is 12.9 Å². The first-order chi connectivity index (χ1) is 11.9. The fourth-order valence-electron chi connectivity index (χ4n) is 2.57. The van der Waals surface area contributed by atoms with Gasteiger partial charge in [-0.1, -0.05) is 25.1 Å². The summed E-state index contributed by atoms with van der Waals surface area (Å²) in [7, 11) is 1.24. The first kappa shape index (κ1) is 21.6. The van der Waals surface area contributed by atoms with Crippen molar-refractivity contribution in [2.75, 3.05) is 7.11 Å². The minimum atomic E-state index is -0.944. The number of hydrogen-bond donors (Lipinski definition) is 0. The molecule has 0 N–H and O–H groups in total. The van der Waals surface area contributed by atoms with Crippen molar-refractivity contribution in [1.82, 2.24) is 4.90 Å². The smallest absolute Gasteiger partial charge is 0.467 e. The lowest BCUT2D eigenvalue weighted by Gasteiger charge is -2.28. The number of amides is 2. The Morgan fingerprint density at radius 3 is 2.12 bits per heavy atom. The largest absolute Gasteiger partial charge is 0.497 e. The molecule has 1 aliphatic rings. The highest BCUT2D eigenvalue weighted by molar-refractivity contribution is 9.23. The Morgan fingerprint density at radius 2 is 1.76 bits per heavy atom. The molecule has 5 nitrogen and oxygen atoms in total. The summed E-state index contributed by atoms with van der Waals surface area (Å²) in [4.78, 5) is 38.0. The monoisotopic (exact) mass is 417 g/mol. The number of hydrogen-bond acceptors (Lipinski definition) is 4. The summed E-state index contributed by atoms with van der Waals surface area (Å²) in [5.41, 5.74) is 0.643. The Hall–Kier alpha value is -1.44. The lowest BCUT2D eigenvalue weighted by Crippen LogP contribution is -2.49. The zero-order chi connectivity index (χ0) is 19.0. The van der Waals surface area contributed by atoms with E-state index in [4.69, 9.17) is 4.74 Å². The summed E-state index contributed by atoms with van der Waals surface area (Å²) in [6.07, 6.45) is 2.14. The van der Waals surface area contributed by atoms with Gasteiger partial charge in [0.2, 0.25) is 0 Å². The van der Waals surface area contributed by atoms with Gasteiger partial charge in [-0.15, -0.1) is 13.2 Å². The van der Waals surface area contributed by atoms with Gasteiger partial charge in [0.1, 0.15) is 6.04 Å². The number of methoxy groups -OCH3 is 1. The third-order valence-corrected chi connectivity index (χ3v) is 5.32. The van der Waals surface area contributed by atoms with Gasteiger partial charge < -0.3 is 4.74 Å². The fraction of sp³-hybridized carbons (Fsp3) is 0.278. The second-order valence-electron chi connectivity index (χ2n) is 5.44. The number of ether oxygens (including phenoxy) is 1. The molecule has 2 unspecified atom stereocenters. The number of allylic oxidation sites excluding steroid dienone is 1. The first-order valence-corrected chi connectivity index (χ1v) is 12.5. The van der Waals surface area contributed by atoms with Crippen LogP contribution < -0.4 is 0 Å². The number of nitrogens with zero attached hydrogens (tertiary/aromatic N) is 1. The van der Waals surface area contributed by atoms with E-state index < -0.39 is 23.8 Å². The molecule has 0 aromatic heterocycles. The number of benzene rings is 1. The van der Waals surface area contributed by atoms with Crippen molar-refractivity contribution in [2.45, 2.75) is 19.4 Å². The summed E-state index contributed by atoms with van der Waals surface area (Å²) in [6, 6.07) is 5.60. The van der Waals surface area contributed by atoms with Gasteiger partial charge in [0.25, 0.3) is 11.8 Å². The molecular weight excluding hydrogens is 398 g/mol. The van der Waals surface area contributed by atoms with Gasteiger partial charge in [0.15, 0.2) is 0 Å². The van der Waals surface area contributed by atoms with Crippen LogP contribution in [0.4, 0.5) is 0 Å². The van der Waals surface area contributed by atoms with E-state index in [0.29, 0.717) is 17.5 Å². The summed E-state index contributed by atoms with van der Waals surface area (Å²) in [5.74, 6) is -1.78. The fourth-order valence-corrected chi connectivity index (χ4v) is 2.57. The summed E-state index contributed by atoms with van der Waals surface area (Å²) >= 11 is 3.27. The maximum Gasteiger partial charge on any atom is 0.497 e. The molecule has 1 aliphatic heterocycles. The molecule has 2 amide bonds. The molecule has 2 rings (SSSR count). The standard InChI is InChI=1S/C16H17NO4.C2H3.BrH.Mg/c1-4-7-10(2)13(16(20)21-3)17-14(18)11-8-5-6-9-12(11)15(17)19;1-2;;/h4-6,8-10,13H,1,7H2,2-3H3;1H,2H2;1H;/q;;;+1/p-1. The number of rotatable bonds is 6. The Balaban J connectivity index is 0.000000705. The molecule has 2 atom stereocenters. The third kappa shape index (κ3) is 5.02. The Bertz CT molecular complexity index is 642. The topological polar surface area (TPSA) is 63.7 Å². The quantitative estimate of drug-likeness (QED) is 0.308. The van der Waals surface area contributed by atoms with E-state index in [9.17, 15) is 14.4 Å². The summed E-state index contributed by atoms with van der Waals surface area (Å²) < 4.78 is 6.70. The van der Waals surface area contributed by atoms with Gasteiger partial charge in [-0.3, -0.25) is 27.4 Å². The molecule has 1 heterocycles. The lowest BCUT2D eigenvalue weighted by atomic mass is 9.96. The van der Waals surface area contributed by atoms with Gasteiger partial charge >= 0.3 is 24.2 Å². The molecule has 0 fully saturated rings. The minimum Gasteiger partial charge on any atom is -0.467 e. The Kier molecular flexibility index (Phi) is 9.09. The molecule has 0 spiro atoms. The van der Waals surface area contributed by atoms with Gasteiger partial charge in [-0.05, 0) is 24.5 Å². The van der Waals surface area contributed by atoms with E-state index in [-0.39, 0.29) is 24.1 Å². The number of esters is 1. The average Bonchev–Trinajstić information content (AvgIpc) is 2.88. The number of fused-ring (bicyclic) bond motifs is 1. The molecule has 0 radical (unpaired) electrons. The SMILES string of the molecule is C=CCC(C)C(C(=O)OC)N1C(=O)c2ccccc2C1=O.C=[CH][Mg][Br]. The molecule has 0 bridgehead atoms. The molecule has 0 saturated heterocycles. The van der Waals surface area contributed by atoms with E-state index in [2.05, 4.69) is 26.0 Å². The van der Waals surface area contributed by atoms with Crippen molar-refractivity contribution in [1.29, 1.82) is 0 Å². The zero-order valence-corrected chi connectivity index (χ0v) is 17.4. The van der Waals surface area contributed by atoms with Gasteiger partial charge in [-0.25, -0.2) is 4.79 Å². The van der Waals surface area contributed by atoms with Crippen LogP contribution in [-0.4, -0.2) is 54.0 Å². The number of imide groups is 1. The number of halogens is 1. The van der Waals surface area contributed by atoms with Crippen molar-refractivity contribution < 1.29 is 19.1 Å². The van der Waals surface area contributed by atoms with Crippen LogP contribution in [0.15, 0.2) is 47.7 Å². The maximum atomic E-state index is 12.4. The van der Waals surface area contributed by atoms with E-state index in [1.54, 1.807) is 37.3 Å². The lowest BCUT2D eigenvalue weighted by molar-refractivity contribution is -0.146. The van der Waals surface area contributed by atoms with Crippen molar-refractivity contribution in [2.24, 2.45) is 5.92 Å². The van der Waals surface area contributed by atoms with Crippen LogP contribution in [0.25, 0.3) is 0 Å². The van der Waals surface area contributed by atoms with Crippen molar-refractivity contribution >= 4 is 48.9 Å². The molecule has 1 aromatic rings. The van der Waals surface area contributed by atoms with Crippen LogP contribution in [-0.2, 0) is 9.53 Å². The van der Waals surface area contributed by atoms with Crippen molar-refractivity contribution in [3.63, 3.8) is 0 Å². The van der Waals surface area contributed by atoms with Crippen molar-refractivity contribution in [3.05, 3.63) is 58.8 Å². The Morgan fingerprint density at radius 1 is 1.28 bits per heavy atom.